The molecule has 1 atom stereocenters. The van der Waals surface area contributed by atoms with Gasteiger partial charge in [0.2, 0.25) is 22.1 Å². The lowest BCUT2D eigenvalue weighted by molar-refractivity contribution is -0.125. The van der Waals surface area contributed by atoms with E-state index in [2.05, 4.69) is 50.9 Å². The van der Waals surface area contributed by atoms with Gasteiger partial charge >= 0.3 is 0 Å². The Kier molecular flexibility index (Phi) is 6.89. The van der Waals surface area contributed by atoms with E-state index in [9.17, 15) is 9.59 Å². The Hall–Kier alpha value is -2.13. The van der Waals surface area contributed by atoms with Crippen LogP contribution in [0.5, 0.6) is 0 Å². The van der Waals surface area contributed by atoms with Gasteiger partial charge in [-0.2, -0.15) is 0 Å². The molecule has 2 aromatic rings. The van der Waals surface area contributed by atoms with Crippen LogP contribution in [0, 0.1) is 5.92 Å². The minimum atomic E-state index is -0.0432. The lowest BCUT2D eigenvalue weighted by Gasteiger charge is -2.31. The summed E-state index contributed by atoms with van der Waals surface area (Å²) in [5.41, 5.74) is 1.23. The van der Waals surface area contributed by atoms with Gasteiger partial charge in [-0.1, -0.05) is 23.5 Å². The average Bonchev–Trinajstić information content (AvgIpc) is 3.43. The van der Waals surface area contributed by atoms with E-state index in [0.717, 1.165) is 43.9 Å². The second kappa shape index (κ2) is 9.78. The Morgan fingerprint density at radius 3 is 2.73 bits per heavy atom. The van der Waals surface area contributed by atoms with Crippen molar-refractivity contribution in [2.45, 2.75) is 37.0 Å². The monoisotopic (exact) mass is 445 g/mol. The standard InChI is InChI=1S/C21H27N5O2S2/c1-29-17-8-6-15(7-9-17)10-11-22-19(28)16-4-2-12-25(14-16)20-23-24-21(30-20)26-13-3-5-18(26)27/h6-9,16H,2-5,10-14H2,1H3,(H,22,28). The van der Waals surface area contributed by atoms with E-state index in [1.54, 1.807) is 16.7 Å². The molecular weight excluding hydrogens is 418 g/mol. The van der Waals surface area contributed by atoms with Gasteiger partial charge in [0.25, 0.3) is 0 Å². The van der Waals surface area contributed by atoms with Crippen LogP contribution < -0.4 is 15.1 Å². The number of benzene rings is 1. The van der Waals surface area contributed by atoms with E-state index in [4.69, 9.17) is 0 Å². The molecule has 7 nitrogen and oxygen atoms in total. The third kappa shape index (κ3) is 4.95. The Morgan fingerprint density at radius 1 is 1.20 bits per heavy atom. The average molecular weight is 446 g/mol. The molecule has 2 fully saturated rings. The van der Waals surface area contributed by atoms with E-state index in [1.165, 1.54) is 21.8 Å². The molecule has 3 heterocycles. The quantitative estimate of drug-likeness (QED) is 0.660. The predicted octanol–water partition coefficient (Wildman–Crippen LogP) is 2.96. The molecule has 30 heavy (non-hydrogen) atoms. The molecule has 0 aliphatic carbocycles. The highest BCUT2D eigenvalue weighted by Crippen LogP contribution is 2.32. The minimum absolute atomic E-state index is 0.0432. The summed E-state index contributed by atoms with van der Waals surface area (Å²) in [5, 5.41) is 13.1. The molecule has 0 spiro atoms. The fourth-order valence-electron chi connectivity index (χ4n) is 3.93. The number of nitrogens with zero attached hydrogens (tertiary/aromatic N) is 4. The molecule has 1 unspecified atom stereocenters. The summed E-state index contributed by atoms with van der Waals surface area (Å²) >= 11 is 3.18. The highest BCUT2D eigenvalue weighted by Gasteiger charge is 2.29. The van der Waals surface area contributed by atoms with E-state index < -0.39 is 0 Å². The van der Waals surface area contributed by atoms with Crippen LogP contribution in [-0.4, -0.2) is 54.4 Å². The number of carbonyl (C=O) groups excluding carboxylic acids is 2. The number of amides is 2. The first-order valence-corrected chi connectivity index (χ1v) is 12.5. The minimum Gasteiger partial charge on any atom is -0.355 e. The molecule has 0 bridgehead atoms. The van der Waals surface area contributed by atoms with Crippen molar-refractivity contribution in [2.24, 2.45) is 5.92 Å². The Labute approximate surface area is 185 Å². The molecule has 1 N–H and O–H groups in total. The largest absolute Gasteiger partial charge is 0.355 e. The molecule has 1 aromatic carbocycles. The van der Waals surface area contributed by atoms with Gasteiger partial charge in [0.05, 0.1) is 5.92 Å². The maximum Gasteiger partial charge on any atom is 0.228 e. The maximum absolute atomic E-state index is 12.7. The van der Waals surface area contributed by atoms with Crippen molar-refractivity contribution in [3.05, 3.63) is 29.8 Å². The van der Waals surface area contributed by atoms with Gasteiger partial charge in [0, 0.05) is 37.5 Å². The Balaban J connectivity index is 1.28. The lowest BCUT2D eigenvalue weighted by atomic mass is 9.97. The molecular formula is C21H27N5O2S2. The Bertz CT molecular complexity index is 886. The van der Waals surface area contributed by atoms with Crippen molar-refractivity contribution < 1.29 is 9.59 Å². The lowest BCUT2D eigenvalue weighted by Crippen LogP contribution is -2.43. The van der Waals surface area contributed by atoms with Crippen LogP contribution in [0.15, 0.2) is 29.2 Å². The number of piperidine rings is 1. The first-order chi connectivity index (χ1) is 14.6. The van der Waals surface area contributed by atoms with E-state index in [0.29, 0.717) is 24.6 Å². The maximum atomic E-state index is 12.7. The van der Waals surface area contributed by atoms with Crippen molar-refractivity contribution in [1.29, 1.82) is 0 Å². The van der Waals surface area contributed by atoms with Crippen LogP contribution in [0.25, 0.3) is 0 Å². The summed E-state index contributed by atoms with van der Waals surface area (Å²) in [4.78, 5) is 29.7. The molecule has 4 rings (SSSR count). The molecule has 1 aromatic heterocycles. The van der Waals surface area contributed by atoms with Gasteiger partial charge in [-0.05, 0) is 49.6 Å². The molecule has 2 saturated heterocycles. The number of nitrogens with one attached hydrogen (secondary N) is 1. The fourth-order valence-corrected chi connectivity index (χ4v) is 5.26. The van der Waals surface area contributed by atoms with Crippen molar-refractivity contribution in [3.63, 3.8) is 0 Å². The zero-order valence-corrected chi connectivity index (χ0v) is 18.8. The second-order valence-electron chi connectivity index (χ2n) is 7.69. The number of carbonyl (C=O) groups is 2. The van der Waals surface area contributed by atoms with E-state index in [1.807, 2.05) is 0 Å². The van der Waals surface area contributed by atoms with Crippen LogP contribution in [0.3, 0.4) is 0 Å². The molecule has 0 saturated carbocycles. The van der Waals surface area contributed by atoms with Crippen LogP contribution in [0.1, 0.15) is 31.2 Å². The molecule has 160 valence electrons. The second-order valence-corrected chi connectivity index (χ2v) is 9.50. The van der Waals surface area contributed by atoms with Crippen LogP contribution in [0.4, 0.5) is 10.3 Å². The van der Waals surface area contributed by atoms with E-state index in [-0.39, 0.29) is 17.7 Å². The zero-order chi connectivity index (χ0) is 20.9. The number of aromatic nitrogens is 2. The number of thioether (sulfide) groups is 1. The van der Waals surface area contributed by atoms with Gasteiger partial charge in [-0.15, -0.1) is 22.0 Å². The predicted molar refractivity (Wildman–Crippen MR) is 121 cm³/mol. The number of hydrogen-bond donors (Lipinski definition) is 1. The number of rotatable bonds is 7. The first kappa shape index (κ1) is 21.1. The fraction of sp³-hybridized carbons (Fsp3) is 0.524. The summed E-state index contributed by atoms with van der Waals surface area (Å²) in [6, 6.07) is 8.48. The summed E-state index contributed by atoms with van der Waals surface area (Å²) in [6.07, 6.45) is 6.20. The van der Waals surface area contributed by atoms with Gasteiger partial charge in [0.15, 0.2) is 0 Å². The summed E-state index contributed by atoms with van der Waals surface area (Å²) < 4.78 is 0. The third-order valence-corrected chi connectivity index (χ3v) is 7.39. The van der Waals surface area contributed by atoms with Gasteiger partial charge in [-0.3, -0.25) is 14.5 Å². The van der Waals surface area contributed by atoms with Crippen molar-refractivity contribution >= 4 is 45.2 Å². The SMILES string of the molecule is CSc1ccc(CCNC(=O)C2CCCN(c3nnc(N4CCCC4=O)s3)C2)cc1. The van der Waals surface area contributed by atoms with Crippen LogP contribution in [0.2, 0.25) is 0 Å². The summed E-state index contributed by atoms with van der Waals surface area (Å²) in [6.45, 7) is 2.89. The molecule has 2 aliphatic rings. The Morgan fingerprint density at radius 2 is 2.00 bits per heavy atom. The van der Waals surface area contributed by atoms with Crippen LogP contribution in [-0.2, 0) is 16.0 Å². The summed E-state index contributed by atoms with van der Waals surface area (Å²) in [7, 11) is 0. The van der Waals surface area contributed by atoms with Crippen molar-refractivity contribution in [1.82, 2.24) is 15.5 Å². The zero-order valence-electron chi connectivity index (χ0n) is 17.2. The smallest absolute Gasteiger partial charge is 0.228 e. The number of hydrogen-bond acceptors (Lipinski definition) is 7. The third-order valence-electron chi connectivity index (χ3n) is 5.64. The van der Waals surface area contributed by atoms with Gasteiger partial charge in [0.1, 0.15) is 0 Å². The van der Waals surface area contributed by atoms with Crippen molar-refractivity contribution in [3.8, 4) is 0 Å². The van der Waals surface area contributed by atoms with Gasteiger partial charge < -0.3 is 10.2 Å². The topological polar surface area (TPSA) is 78.4 Å². The van der Waals surface area contributed by atoms with Crippen LogP contribution >= 0.6 is 23.1 Å². The van der Waals surface area contributed by atoms with E-state index >= 15 is 0 Å². The molecule has 0 radical (unpaired) electrons. The van der Waals surface area contributed by atoms with Gasteiger partial charge in [-0.25, -0.2) is 0 Å². The first-order valence-electron chi connectivity index (χ1n) is 10.4. The molecule has 2 aliphatic heterocycles. The molecule has 9 heteroatoms. The van der Waals surface area contributed by atoms with Crippen molar-refractivity contribution in [2.75, 3.05) is 42.2 Å². The number of anilines is 2. The highest BCUT2D eigenvalue weighted by molar-refractivity contribution is 7.98. The molecule has 2 amide bonds. The summed E-state index contributed by atoms with van der Waals surface area (Å²) in [5.74, 6) is 0.190. The highest BCUT2D eigenvalue weighted by atomic mass is 32.2. The normalized spacial score (nSPS) is 19.4.